The van der Waals surface area contributed by atoms with E-state index in [0.717, 1.165) is 28.6 Å². The summed E-state index contributed by atoms with van der Waals surface area (Å²) < 4.78 is 0. The third-order valence-corrected chi connectivity index (χ3v) is 4.30. The van der Waals surface area contributed by atoms with Crippen LogP contribution in [-0.2, 0) is 23.1 Å². The molecule has 3 aromatic rings. The van der Waals surface area contributed by atoms with Crippen LogP contribution in [0.1, 0.15) is 30.5 Å². The van der Waals surface area contributed by atoms with Crippen molar-refractivity contribution in [3.63, 3.8) is 0 Å². The minimum absolute atomic E-state index is 0.863. The standard InChI is InChI=1S/C17H18N3P.C2H6.CH2.V/c1-11-12(2)16-15(8-13(11)9-21)18-10-19-17(16)20-14-6-4-3-5-7-14;1-2;;/h3-8,10H,9,21H2,1-2H3,(H,18,19,20);1-2H3;1H2;. The molecule has 1 atom stereocenters. The van der Waals surface area contributed by atoms with E-state index in [4.69, 9.17) is 0 Å². The molecule has 0 amide bonds. The van der Waals surface area contributed by atoms with Crippen molar-refractivity contribution in [3.8, 4) is 0 Å². The zero-order chi connectivity index (χ0) is 18.8. The predicted molar refractivity (Wildman–Crippen MR) is 111 cm³/mol. The number of rotatable bonds is 3. The monoisotopic (exact) mass is 390 g/mol. The Kier molecular flexibility index (Phi) is 9.59. The van der Waals surface area contributed by atoms with Crippen molar-refractivity contribution in [1.29, 1.82) is 0 Å². The fourth-order valence-corrected chi connectivity index (χ4v) is 2.97. The molecule has 0 saturated heterocycles. The summed E-state index contributed by atoms with van der Waals surface area (Å²) in [4.78, 5) is 8.87. The number of fused-ring (bicyclic) bond motifs is 1. The molecular weight excluding hydrogens is 364 g/mol. The molecule has 1 aromatic heterocycles. The summed E-state index contributed by atoms with van der Waals surface area (Å²) in [6.45, 7) is 8.30. The van der Waals surface area contributed by atoms with Gasteiger partial charge in [-0.05, 0) is 54.9 Å². The van der Waals surface area contributed by atoms with Crippen LogP contribution in [0.3, 0.4) is 0 Å². The SMILES string of the molecule is CC.Cc1c(CP)cc2ncnc(Nc3ccccc3)c2c1C.[CH2]=[V]. The van der Waals surface area contributed by atoms with Crippen LogP contribution >= 0.6 is 9.24 Å². The number of nitrogens with zero attached hydrogens (tertiary/aromatic N) is 2. The third kappa shape index (κ3) is 5.22. The second-order valence-corrected chi connectivity index (χ2v) is 5.51. The molecule has 2 aromatic carbocycles. The summed E-state index contributed by atoms with van der Waals surface area (Å²) in [5.74, 6) is 0.863. The first-order valence-electron chi connectivity index (χ1n) is 8.28. The van der Waals surface area contributed by atoms with Gasteiger partial charge < -0.3 is 5.32 Å². The van der Waals surface area contributed by atoms with Crippen LogP contribution in [0.5, 0.6) is 0 Å². The predicted octanol–water partition coefficient (Wildman–Crippen LogP) is 5.36. The Labute approximate surface area is 162 Å². The number of para-hydroxylation sites is 1. The number of hydrogen-bond acceptors (Lipinski definition) is 3. The Balaban J connectivity index is 0.000000730. The maximum atomic E-state index is 4.43. The van der Waals surface area contributed by atoms with E-state index < -0.39 is 0 Å². The Bertz CT molecular complexity index is 807. The van der Waals surface area contributed by atoms with Crippen LogP contribution in [0.2, 0.25) is 0 Å². The van der Waals surface area contributed by atoms with E-state index in [1.807, 2.05) is 44.2 Å². The Morgan fingerprint density at radius 2 is 1.68 bits per heavy atom. The molecule has 0 bridgehead atoms. The van der Waals surface area contributed by atoms with Crippen LogP contribution < -0.4 is 5.32 Å². The fourth-order valence-electron chi connectivity index (χ4n) is 2.54. The van der Waals surface area contributed by atoms with Crippen molar-refractivity contribution in [3.05, 3.63) is 59.4 Å². The molecule has 3 nitrogen and oxygen atoms in total. The van der Waals surface area contributed by atoms with Gasteiger partial charge in [-0.1, -0.05) is 32.0 Å². The number of aromatic nitrogens is 2. The zero-order valence-corrected chi connectivity index (χ0v) is 17.9. The van der Waals surface area contributed by atoms with Gasteiger partial charge in [-0.25, -0.2) is 9.97 Å². The second kappa shape index (κ2) is 11.2. The Morgan fingerprint density at radius 1 is 1.04 bits per heavy atom. The van der Waals surface area contributed by atoms with Crippen molar-refractivity contribution < 1.29 is 17.0 Å². The molecule has 131 valence electrons. The van der Waals surface area contributed by atoms with Gasteiger partial charge in [0.25, 0.3) is 0 Å². The maximum absolute atomic E-state index is 4.43. The van der Waals surface area contributed by atoms with Crippen molar-refractivity contribution in [2.45, 2.75) is 33.9 Å². The molecular formula is C20H26N3PV. The Hall–Kier alpha value is -1.54. The molecule has 0 spiro atoms. The fraction of sp³-hybridized carbons (Fsp3) is 0.250. The van der Waals surface area contributed by atoms with Gasteiger partial charge in [-0.3, -0.25) is 0 Å². The van der Waals surface area contributed by atoms with Crippen molar-refractivity contribution in [2.24, 2.45) is 0 Å². The summed E-state index contributed by atoms with van der Waals surface area (Å²) in [6.07, 6.45) is 2.56. The molecule has 1 N–H and O–H groups in total. The van der Waals surface area contributed by atoms with E-state index in [2.05, 4.69) is 66.6 Å². The van der Waals surface area contributed by atoms with E-state index in [1.165, 1.54) is 16.7 Å². The molecule has 0 aliphatic carbocycles. The molecule has 0 radical (unpaired) electrons. The molecule has 0 fully saturated rings. The van der Waals surface area contributed by atoms with E-state index in [9.17, 15) is 0 Å². The molecule has 0 saturated carbocycles. The average Bonchev–Trinajstić information content (AvgIpc) is 2.68. The summed E-state index contributed by atoms with van der Waals surface area (Å²) in [5, 5.41) is 7.68. The number of anilines is 2. The normalized spacial score (nSPS) is 9.44. The summed E-state index contributed by atoms with van der Waals surface area (Å²) >= 11 is 2.06. The summed E-state index contributed by atoms with van der Waals surface area (Å²) in [6, 6.07) is 12.2. The molecule has 1 unspecified atom stereocenters. The quantitative estimate of drug-likeness (QED) is 0.612. The second-order valence-electron chi connectivity index (χ2n) is 5.10. The first-order valence-corrected chi connectivity index (χ1v) is 10.1. The van der Waals surface area contributed by atoms with Gasteiger partial charge in [0.05, 0.1) is 5.52 Å². The number of aryl methyl sites for hydroxylation is 1. The van der Waals surface area contributed by atoms with Gasteiger partial charge >= 0.3 is 22.2 Å². The molecule has 25 heavy (non-hydrogen) atoms. The minimum atomic E-state index is 0.863. The van der Waals surface area contributed by atoms with Gasteiger partial charge in [0.2, 0.25) is 0 Å². The average molecular weight is 390 g/mol. The van der Waals surface area contributed by atoms with E-state index in [-0.39, 0.29) is 0 Å². The van der Waals surface area contributed by atoms with E-state index >= 15 is 0 Å². The first kappa shape index (κ1) is 21.5. The Morgan fingerprint density at radius 3 is 2.28 bits per heavy atom. The van der Waals surface area contributed by atoms with Gasteiger partial charge in [-0.15, -0.1) is 9.24 Å². The molecule has 1 heterocycles. The molecule has 0 aliphatic heterocycles. The van der Waals surface area contributed by atoms with Crippen LogP contribution in [0.25, 0.3) is 10.9 Å². The first-order chi connectivity index (χ1) is 12.2. The van der Waals surface area contributed by atoms with E-state index in [1.54, 1.807) is 6.33 Å². The number of hydrogen-bond donors (Lipinski definition) is 1. The van der Waals surface area contributed by atoms with Crippen molar-refractivity contribution >= 4 is 36.9 Å². The zero-order valence-electron chi connectivity index (χ0n) is 15.4. The molecule has 3 rings (SSSR count). The van der Waals surface area contributed by atoms with Gasteiger partial charge in [0.15, 0.2) is 0 Å². The van der Waals surface area contributed by atoms with Crippen molar-refractivity contribution in [1.82, 2.24) is 9.97 Å². The molecule has 5 heteroatoms. The van der Waals surface area contributed by atoms with Crippen LogP contribution in [-0.4, -0.2) is 15.2 Å². The van der Waals surface area contributed by atoms with Crippen LogP contribution in [0.4, 0.5) is 11.5 Å². The molecule has 0 aliphatic rings. The summed E-state index contributed by atoms with van der Waals surface area (Å²) in [7, 11) is 2.78. The van der Waals surface area contributed by atoms with Crippen LogP contribution in [0.15, 0.2) is 42.7 Å². The van der Waals surface area contributed by atoms with E-state index in [0.29, 0.717) is 0 Å². The van der Waals surface area contributed by atoms with Crippen molar-refractivity contribution in [2.75, 3.05) is 5.32 Å². The third-order valence-electron chi connectivity index (χ3n) is 3.86. The van der Waals surface area contributed by atoms with Crippen LogP contribution in [0, 0.1) is 13.8 Å². The topological polar surface area (TPSA) is 37.8 Å². The number of benzene rings is 2. The summed E-state index contributed by atoms with van der Waals surface area (Å²) in [5.41, 5.74) is 5.88. The number of nitrogens with one attached hydrogen (secondary N) is 1. The van der Waals surface area contributed by atoms with Gasteiger partial charge in [0, 0.05) is 11.1 Å². The van der Waals surface area contributed by atoms with Gasteiger partial charge in [0.1, 0.15) is 12.1 Å². The van der Waals surface area contributed by atoms with Gasteiger partial charge in [-0.2, -0.15) is 0 Å².